The minimum Gasteiger partial charge on any atom is -0.493 e. The van der Waals surface area contributed by atoms with Gasteiger partial charge in [-0.05, 0) is 35.7 Å². The van der Waals surface area contributed by atoms with Crippen LogP contribution in [-0.2, 0) is 16.0 Å². The Hall–Kier alpha value is -3.80. The highest BCUT2D eigenvalue weighted by Gasteiger charge is 2.19. The first-order valence-corrected chi connectivity index (χ1v) is 9.42. The highest BCUT2D eigenvalue weighted by molar-refractivity contribution is 5.97. The number of esters is 1. The van der Waals surface area contributed by atoms with E-state index in [2.05, 4.69) is 5.32 Å². The number of nitrogens with one attached hydrogen (secondary N) is 1. The van der Waals surface area contributed by atoms with E-state index in [-0.39, 0.29) is 11.3 Å². The fourth-order valence-electron chi connectivity index (χ4n) is 3.06. The molecule has 3 aromatic rings. The van der Waals surface area contributed by atoms with E-state index >= 15 is 0 Å². The summed E-state index contributed by atoms with van der Waals surface area (Å²) in [5.74, 6) is -0.422. The molecular weight excluding hydrogens is 382 g/mol. The lowest BCUT2D eigenvalue weighted by Crippen LogP contribution is -2.22. The molecular formula is C24H23NO5. The summed E-state index contributed by atoms with van der Waals surface area (Å²) in [4.78, 5) is 24.8. The van der Waals surface area contributed by atoms with Crippen molar-refractivity contribution in [1.82, 2.24) is 0 Å². The van der Waals surface area contributed by atoms with E-state index in [0.29, 0.717) is 17.9 Å². The van der Waals surface area contributed by atoms with Crippen molar-refractivity contribution in [2.24, 2.45) is 0 Å². The van der Waals surface area contributed by atoms with Crippen LogP contribution < -0.4 is 14.8 Å². The van der Waals surface area contributed by atoms with Crippen LogP contribution in [0.5, 0.6) is 11.5 Å². The molecule has 6 nitrogen and oxygen atoms in total. The summed E-state index contributed by atoms with van der Waals surface area (Å²) in [6.45, 7) is -0.418. The van der Waals surface area contributed by atoms with Crippen molar-refractivity contribution in [2.75, 3.05) is 26.1 Å². The van der Waals surface area contributed by atoms with Gasteiger partial charge in [-0.1, -0.05) is 54.6 Å². The maximum Gasteiger partial charge on any atom is 0.342 e. The summed E-state index contributed by atoms with van der Waals surface area (Å²) in [5.41, 5.74) is 2.98. The van der Waals surface area contributed by atoms with E-state index in [4.69, 9.17) is 14.2 Å². The maximum atomic E-state index is 12.4. The van der Waals surface area contributed by atoms with Crippen LogP contribution in [0.4, 0.5) is 5.69 Å². The van der Waals surface area contributed by atoms with Gasteiger partial charge in [0, 0.05) is 5.69 Å². The van der Waals surface area contributed by atoms with Gasteiger partial charge in [-0.2, -0.15) is 0 Å². The zero-order chi connectivity index (χ0) is 21.3. The third-order valence-corrected chi connectivity index (χ3v) is 4.49. The summed E-state index contributed by atoms with van der Waals surface area (Å²) in [6.07, 6.45) is 0.679. The number of rotatable bonds is 8. The van der Waals surface area contributed by atoms with Gasteiger partial charge in [0.1, 0.15) is 5.56 Å². The number of amides is 1. The number of ether oxygens (including phenoxy) is 3. The molecule has 1 N–H and O–H groups in total. The zero-order valence-electron chi connectivity index (χ0n) is 16.9. The molecule has 154 valence electrons. The molecule has 0 bridgehead atoms. The fraction of sp³-hybridized carbons (Fsp3) is 0.167. The Morgan fingerprint density at radius 1 is 0.833 bits per heavy atom. The smallest absolute Gasteiger partial charge is 0.342 e. The molecule has 0 atom stereocenters. The molecule has 0 aliphatic rings. The number of hydrogen-bond donors (Lipinski definition) is 1. The summed E-state index contributed by atoms with van der Waals surface area (Å²) < 4.78 is 15.6. The normalized spacial score (nSPS) is 10.2. The largest absolute Gasteiger partial charge is 0.493 e. The molecule has 0 spiro atoms. The van der Waals surface area contributed by atoms with E-state index in [0.717, 1.165) is 11.1 Å². The van der Waals surface area contributed by atoms with Gasteiger partial charge in [0.15, 0.2) is 18.1 Å². The number of carbonyl (C=O) groups excluding carboxylic acids is 2. The monoisotopic (exact) mass is 405 g/mol. The van der Waals surface area contributed by atoms with Gasteiger partial charge in [0.25, 0.3) is 5.91 Å². The van der Waals surface area contributed by atoms with Crippen LogP contribution >= 0.6 is 0 Å². The van der Waals surface area contributed by atoms with E-state index < -0.39 is 18.5 Å². The summed E-state index contributed by atoms with van der Waals surface area (Å²) >= 11 is 0. The molecule has 6 heteroatoms. The van der Waals surface area contributed by atoms with Crippen LogP contribution in [0.1, 0.15) is 21.5 Å². The molecule has 0 fully saturated rings. The van der Waals surface area contributed by atoms with Gasteiger partial charge >= 0.3 is 5.97 Å². The first kappa shape index (κ1) is 20.9. The van der Waals surface area contributed by atoms with Crippen LogP contribution in [0.3, 0.4) is 0 Å². The van der Waals surface area contributed by atoms with Crippen molar-refractivity contribution in [3.63, 3.8) is 0 Å². The molecule has 0 saturated heterocycles. The maximum absolute atomic E-state index is 12.4. The van der Waals surface area contributed by atoms with Gasteiger partial charge in [0.05, 0.1) is 14.2 Å². The van der Waals surface area contributed by atoms with Crippen molar-refractivity contribution < 1.29 is 23.8 Å². The van der Waals surface area contributed by atoms with Crippen LogP contribution in [0.15, 0.2) is 72.8 Å². The molecule has 3 aromatic carbocycles. The standard InChI is InChI=1S/C24H23NO5/c1-28-21-14-8-12-19(23(21)29-2)24(27)30-16-22(26)25-20-13-7-6-11-18(20)15-17-9-4-3-5-10-17/h3-14H,15-16H2,1-2H3,(H,25,26). The van der Waals surface area contributed by atoms with E-state index in [9.17, 15) is 9.59 Å². The quantitative estimate of drug-likeness (QED) is 0.572. The predicted octanol–water partition coefficient (Wildman–Crippen LogP) is 4.09. The summed E-state index contributed by atoms with van der Waals surface area (Å²) in [7, 11) is 2.91. The highest BCUT2D eigenvalue weighted by Crippen LogP contribution is 2.31. The molecule has 30 heavy (non-hydrogen) atoms. The van der Waals surface area contributed by atoms with Gasteiger partial charge in [0.2, 0.25) is 0 Å². The molecule has 0 aliphatic carbocycles. The third-order valence-electron chi connectivity index (χ3n) is 4.49. The van der Waals surface area contributed by atoms with E-state index in [1.54, 1.807) is 18.2 Å². The number of anilines is 1. The first-order chi connectivity index (χ1) is 14.6. The van der Waals surface area contributed by atoms with Crippen molar-refractivity contribution in [1.29, 1.82) is 0 Å². The lowest BCUT2D eigenvalue weighted by Gasteiger charge is -2.13. The Kier molecular flexibility index (Phi) is 7.05. The number of carbonyl (C=O) groups is 2. The molecule has 1 amide bonds. The van der Waals surface area contributed by atoms with E-state index in [1.807, 2.05) is 54.6 Å². The Morgan fingerprint density at radius 2 is 1.57 bits per heavy atom. The van der Waals surface area contributed by atoms with Crippen molar-refractivity contribution in [2.45, 2.75) is 6.42 Å². The fourth-order valence-corrected chi connectivity index (χ4v) is 3.06. The second kappa shape index (κ2) is 10.1. The number of benzene rings is 3. The molecule has 0 radical (unpaired) electrons. The topological polar surface area (TPSA) is 73.9 Å². The Morgan fingerprint density at radius 3 is 2.30 bits per heavy atom. The molecule has 0 aliphatic heterocycles. The minimum atomic E-state index is -0.668. The minimum absolute atomic E-state index is 0.189. The number of hydrogen-bond acceptors (Lipinski definition) is 5. The molecule has 3 rings (SSSR count). The molecule has 0 unspecified atom stereocenters. The Labute approximate surface area is 175 Å². The van der Waals surface area contributed by atoms with Crippen LogP contribution in [0.25, 0.3) is 0 Å². The Bertz CT molecular complexity index is 1020. The second-order valence-electron chi connectivity index (χ2n) is 6.48. The van der Waals surface area contributed by atoms with Crippen molar-refractivity contribution in [3.8, 4) is 11.5 Å². The molecule has 0 saturated carbocycles. The molecule has 0 heterocycles. The van der Waals surface area contributed by atoms with Crippen molar-refractivity contribution >= 4 is 17.6 Å². The molecule has 0 aromatic heterocycles. The van der Waals surface area contributed by atoms with E-state index in [1.165, 1.54) is 14.2 Å². The Balaban J connectivity index is 1.64. The third kappa shape index (κ3) is 5.17. The summed E-state index contributed by atoms with van der Waals surface area (Å²) in [6, 6.07) is 22.4. The lowest BCUT2D eigenvalue weighted by atomic mass is 10.0. The van der Waals surface area contributed by atoms with Crippen LogP contribution in [0, 0.1) is 0 Å². The average molecular weight is 405 g/mol. The number of para-hydroxylation sites is 2. The van der Waals surface area contributed by atoms with Gasteiger partial charge in [-0.3, -0.25) is 4.79 Å². The van der Waals surface area contributed by atoms with Crippen molar-refractivity contribution in [3.05, 3.63) is 89.5 Å². The zero-order valence-corrected chi connectivity index (χ0v) is 16.9. The van der Waals surface area contributed by atoms with Gasteiger partial charge < -0.3 is 19.5 Å². The first-order valence-electron chi connectivity index (χ1n) is 9.42. The second-order valence-corrected chi connectivity index (χ2v) is 6.48. The SMILES string of the molecule is COc1cccc(C(=O)OCC(=O)Nc2ccccc2Cc2ccccc2)c1OC. The van der Waals surface area contributed by atoms with Crippen LogP contribution in [0.2, 0.25) is 0 Å². The lowest BCUT2D eigenvalue weighted by molar-refractivity contribution is -0.119. The van der Waals surface area contributed by atoms with Crippen LogP contribution in [-0.4, -0.2) is 32.7 Å². The van der Waals surface area contributed by atoms with Gasteiger partial charge in [-0.25, -0.2) is 4.79 Å². The number of methoxy groups -OCH3 is 2. The predicted molar refractivity (Wildman–Crippen MR) is 114 cm³/mol. The van der Waals surface area contributed by atoms with Gasteiger partial charge in [-0.15, -0.1) is 0 Å². The average Bonchev–Trinajstić information content (AvgIpc) is 2.78. The highest BCUT2D eigenvalue weighted by atomic mass is 16.5. The summed E-state index contributed by atoms with van der Waals surface area (Å²) in [5, 5.41) is 2.82.